The molecule has 1 aliphatic carbocycles. The van der Waals surface area contributed by atoms with Crippen LogP contribution in [0.2, 0.25) is 0 Å². The highest BCUT2D eigenvalue weighted by atomic mass is 32.1. The van der Waals surface area contributed by atoms with Gasteiger partial charge in [-0.15, -0.1) is 11.3 Å². The molecule has 5 rings (SSSR count). The molecule has 1 fully saturated rings. The van der Waals surface area contributed by atoms with Crippen LogP contribution in [-0.2, 0) is 22.4 Å². The standard InChI is InChI=1S/C28H28N4O3S2/c1-16-14-18(15-21-25(34)30(3)28(36)31(4)26(21)35)17(2)32(16)27-23(20-12-8-9-13-22(20)37-27)24(33)29-19-10-6-5-7-11-19/h5-7,10-11,14-15H,8-9,12-13H2,1-4H3,(H,29,33). The van der Waals surface area contributed by atoms with Crippen LogP contribution in [0.15, 0.2) is 42.0 Å². The number of likely N-dealkylation sites (N-methyl/N-ethyl adjacent to an activating group) is 2. The van der Waals surface area contributed by atoms with Gasteiger partial charge >= 0.3 is 0 Å². The van der Waals surface area contributed by atoms with Crippen LogP contribution in [0.5, 0.6) is 0 Å². The Hall–Kier alpha value is -3.56. The van der Waals surface area contributed by atoms with E-state index in [0.29, 0.717) is 5.56 Å². The topological polar surface area (TPSA) is 74.7 Å². The fraction of sp³-hybridized carbons (Fsp3) is 0.286. The number of rotatable bonds is 4. The third-order valence-electron chi connectivity index (χ3n) is 7.03. The van der Waals surface area contributed by atoms with Crippen LogP contribution in [-0.4, -0.2) is 51.3 Å². The third kappa shape index (κ3) is 4.32. The summed E-state index contributed by atoms with van der Waals surface area (Å²) >= 11 is 6.87. The van der Waals surface area contributed by atoms with Gasteiger partial charge in [-0.1, -0.05) is 18.2 Å². The number of benzene rings is 1. The molecule has 3 aromatic rings. The molecule has 9 heteroatoms. The van der Waals surface area contributed by atoms with E-state index in [-0.39, 0.29) is 16.6 Å². The number of amides is 3. The molecule has 190 valence electrons. The SMILES string of the molecule is Cc1cc(C=C2C(=O)N(C)C(=S)N(C)C2=O)c(C)n1-c1sc2c(c1C(=O)Nc1ccccc1)CCCC2. The molecular formula is C28H28N4O3S2. The smallest absolute Gasteiger partial charge is 0.265 e. The largest absolute Gasteiger partial charge is 0.322 e. The molecule has 3 amide bonds. The normalized spacial score (nSPS) is 15.8. The summed E-state index contributed by atoms with van der Waals surface area (Å²) < 4.78 is 2.07. The Balaban J connectivity index is 1.61. The first-order valence-corrected chi connectivity index (χ1v) is 13.4. The van der Waals surface area contributed by atoms with Crippen LogP contribution >= 0.6 is 23.6 Å². The van der Waals surface area contributed by atoms with Gasteiger partial charge in [-0.05, 0) is 87.2 Å². The lowest BCUT2D eigenvalue weighted by molar-refractivity contribution is -0.132. The lowest BCUT2D eigenvalue weighted by atomic mass is 9.95. The van der Waals surface area contributed by atoms with Crippen molar-refractivity contribution in [1.29, 1.82) is 0 Å². The second-order valence-electron chi connectivity index (χ2n) is 9.44. The van der Waals surface area contributed by atoms with E-state index in [2.05, 4.69) is 9.88 Å². The van der Waals surface area contributed by atoms with Crippen molar-refractivity contribution < 1.29 is 14.4 Å². The van der Waals surface area contributed by atoms with Crippen molar-refractivity contribution in [2.24, 2.45) is 0 Å². The van der Waals surface area contributed by atoms with Crippen LogP contribution in [0, 0.1) is 13.8 Å². The fourth-order valence-corrected chi connectivity index (χ4v) is 6.70. The zero-order valence-electron chi connectivity index (χ0n) is 21.3. The van der Waals surface area contributed by atoms with Gasteiger partial charge in [0.05, 0.1) is 5.56 Å². The average molecular weight is 533 g/mol. The molecule has 0 bridgehead atoms. The van der Waals surface area contributed by atoms with Crippen molar-refractivity contribution in [2.75, 3.05) is 19.4 Å². The number of para-hydroxylation sites is 1. The van der Waals surface area contributed by atoms with E-state index >= 15 is 0 Å². The molecule has 37 heavy (non-hydrogen) atoms. The highest BCUT2D eigenvalue weighted by Crippen LogP contribution is 2.39. The lowest BCUT2D eigenvalue weighted by Crippen LogP contribution is -2.52. The number of carbonyl (C=O) groups excluding carboxylic acids is 3. The second kappa shape index (κ2) is 9.72. The Kier molecular flexibility index (Phi) is 6.59. The maximum Gasteiger partial charge on any atom is 0.265 e. The van der Waals surface area contributed by atoms with E-state index in [1.165, 1.54) is 14.7 Å². The Morgan fingerprint density at radius 3 is 2.35 bits per heavy atom. The number of nitrogens with zero attached hydrogens (tertiary/aromatic N) is 3. The van der Waals surface area contributed by atoms with Crippen molar-refractivity contribution in [3.8, 4) is 5.00 Å². The Morgan fingerprint density at radius 2 is 1.68 bits per heavy atom. The molecule has 1 N–H and O–H groups in total. The van der Waals surface area contributed by atoms with Crippen LogP contribution < -0.4 is 5.32 Å². The van der Waals surface area contributed by atoms with E-state index in [4.69, 9.17) is 12.2 Å². The van der Waals surface area contributed by atoms with Crippen molar-refractivity contribution in [3.63, 3.8) is 0 Å². The lowest BCUT2D eigenvalue weighted by Gasteiger charge is -2.31. The quantitative estimate of drug-likeness (QED) is 0.295. The average Bonchev–Trinajstić information content (AvgIpc) is 3.40. The van der Waals surface area contributed by atoms with Crippen LogP contribution in [0.1, 0.15) is 50.6 Å². The minimum absolute atomic E-state index is 0.0615. The van der Waals surface area contributed by atoms with Gasteiger partial charge in [0, 0.05) is 36.0 Å². The van der Waals surface area contributed by atoms with Gasteiger partial charge < -0.3 is 9.88 Å². The molecule has 0 saturated carbocycles. The van der Waals surface area contributed by atoms with Gasteiger partial charge in [0.25, 0.3) is 17.7 Å². The fourth-order valence-electron chi connectivity index (χ4n) is 5.04. The molecule has 0 unspecified atom stereocenters. The number of thiophene rings is 1. The molecule has 7 nitrogen and oxygen atoms in total. The zero-order valence-corrected chi connectivity index (χ0v) is 22.9. The van der Waals surface area contributed by atoms with Gasteiger partial charge in [0.1, 0.15) is 10.6 Å². The number of thiocarbonyl (C=S) groups is 1. The molecule has 0 atom stereocenters. The Bertz CT molecular complexity index is 1460. The molecule has 1 aromatic carbocycles. The van der Waals surface area contributed by atoms with Crippen molar-refractivity contribution in [2.45, 2.75) is 39.5 Å². The minimum atomic E-state index is -0.424. The minimum Gasteiger partial charge on any atom is -0.322 e. The van der Waals surface area contributed by atoms with Crippen molar-refractivity contribution >= 4 is 58.2 Å². The van der Waals surface area contributed by atoms with Gasteiger partial charge in [-0.25, -0.2) is 0 Å². The van der Waals surface area contributed by atoms with Crippen LogP contribution in [0.3, 0.4) is 0 Å². The van der Waals surface area contributed by atoms with Gasteiger partial charge in [0.2, 0.25) is 0 Å². The summed E-state index contributed by atoms with van der Waals surface area (Å²) in [6.45, 7) is 3.93. The van der Waals surface area contributed by atoms with Gasteiger partial charge in [-0.2, -0.15) is 0 Å². The maximum absolute atomic E-state index is 13.6. The summed E-state index contributed by atoms with van der Waals surface area (Å²) in [5, 5.41) is 4.12. The number of hydrogen-bond acceptors (Lipinski definition) is 5. The monoisotopic (exact) mass is 532 g/mol. The van der Waals surface area contributed by atoms with Gasteiger partial charge in [0.15, 0.2) is 5.11 Å². The van der Waals surface area contributed by atoms with Gasteiger partial charge in [-0.3, -0.25) is 24.2 Å². The number of carbonyl (C=O) groups is 3. The summed E-state index contributed by atoms with van der Waals surface area (Å²) in [5.74, 6) is -0.970. The summed E-state index contributed by atoms with van der Waals surface area (Å²) in [7, 11) is 3.14. The molecule has 1 saturated heterocycles. The molecule has 2 aliphatic rings. The number of fused-ring (bicyclic) bond motifs is 1. The summed E-state index contributed by atoms with van der Waals surface area (Å²) in [6.07, 6.45) is 5.64. The second-order valence-corrected chi connectivity index (χ2v) is 10.9. The predicted molar refractivity (Wildman–Crippen MR) is 150 cm³/mol. The summed E-state index contributed by atoms with van der Waals surface area (Å²) in [5.41, 5.74) is 5.18. The molecular weight excluding hydrogens is 504 g/mol. The molecule has 1 aliphatic heterocycles. The number of nitrogens with one attached hydrogen (secondary N) is 1. The summed E-state index contributed by atoms with van der Waals surface area (Å²) in [4.78, 5) is 43.3. The molecule has 3 heterocycles. The van der Waals surface area contributed by atoms with Crippen LogP contribution in [0.25, 0.3) is 11.1 Å². The molecule has 2 aromatic heterocycles. The van der Waals surface area contributed by atoms with E-state index in [1.54, 1.807) is 31.5 Å². The van der Waals surface area contributed by atoms with Crippen molar-refractivity contribution in [1.82, 2.24) is 14.4 Å². The molecule has 0 radical (unpaired) electrons. The Morgan fingerprint density at radius 1 is 1.03 bits per heavy atom. The van der Waals surface area contributed by atoms with E-state index in [0.717, 1.165) is 58.9 Å². The zero-order chi connectivity index (χ0) is 26.4. The first-order valence-electron chi connectivity index (χ1n) is 12.2. The van der Waals surface area contributed by atoms with E-state index in [1.807, 2.05) is 50.2 Å². The first-order chi connectivity index (χ1) is 17.7. The number of hydrogen-bond donors (Lipinski definition) is 1. The van der Waals surface area contributed by atoms with Crippen LogP contribution in [0.4, 0.5) is 5.69 Å². The van der Waals surface area contributed by atoms with E-state index in [9.17, 15) is 14.4 Å². The first kappa shape index (κ1) is 25.1. The summed E-state index contributed by atoms with van der Waals surface area (Å²) in [6, 6.07) is 11.4. The maximum atomic E-state index is 13.6. The predicted octanol–water partition coefficient (Wildman–Crippen LogP) is 4.89. The number of aromatic nitrogens is 1. The van der Waals surface area contributed by atoms with E-state index < -0.39 is 11.8 Å². The van der Waals surface area contributed by atoms with Crippen molar-refractivity contribution in [3.05, 3.63) is 74.9 Å². The third-order valence-corrected chi connectivity index (χ3v) is 8.85. The highest BCUT2D eigenvalue weighted by molar-refractivity contribution is 7.80. The number of anilines is 1. The Labute approximate surface area is 225 Å². The molecule has 0 spiro atoms. The number of aryl methyl sites for hydroxylation is 2. The highest BCUT2D eigenvalue weighted by Gasteiger charge is 2.36.